The van der Waals surface area contributed by atoms with Crippen molar-refractivity contribution in [2.75, 3.05) is 19.5 Å². The number of hydrogen-bond donors (Lipinski definition) is 2. The molecule has 1 heterocycles. The zero-order valence-corrected chi connectivity index (χ0v) is 16.2. The molecule has 1 amide bonds. The molecule has 0 aliphatic carbocycles. The summed E-state index contributed by atoms with van der Waals surface area (Å²) in [5.41, 5.74) is 1.90. The lowest BCUT2D eigenvalue weighted by atomic mass is 10.2. The minimum Gasteiger partial charge on any atom is -0.493 e. The van der Waals surface area contributed by atoms with E-state index in [4.69, 9.17) is 21.1 Å². The Morgan fingerprint density at radius 3 is 2.50 bits per heavy atom. The molecule has 8 heteroatoms. The van der Waals surface area contributed by atoms with E-state index in [0.717, 1.165) is 11.3 Å². The Kier molecular flexibility index (Phi) is 6.29. The van der Waals surface area contributed by atoms with E-state index < -0.39 is 0 Å². The standard InChI is InChI=1S/C20H19ClN4O3/c1-27-17-8-3-13(11-18(17)28-2)12-23-19(26)16-9-10-22-20(25-16)24-15-6-4-14(21)5-7-15/h3-11H,12H2,1-2H3,(H,23,26)(H,22,24,25). The molecule has 0 atom stereocenters. The lowest BCUT2D eigenvalue weighted by Crippen LogP contribution is -2.24. The average molecular weight is 399 g/mol. The minimum absolute atomic E-state index is 0.256. The van der Waals surface area contributed by atoms with Crippen molar-refractivity contribution in [2.45, 2.75) is 6.54 Å². The van der Waals surface area contributed by atoms with Gasteiger partial charge in [0.1, 0.15) is 5.69 Å². The van der Waals surface area contributed by atoms with E-state index in [-0.39, 0.29) is 11.6 Å². The van der Waals surface area contributed by atoms with Gasteiger partial charge in [-0.3, -0.25) is 4.79 Å². The summed E-state index contributed by atoms with van der Waals surface area (Å²) in [6.45, 7) is 0.323. The summed E-state index contributed by atoms with van der Waals surface area (Å²) in [5.74, 6) is 1.24. The van der Waals surface area contributed by atoms with E-state index in [1.54, 1.807) is 50.6 Å². The van der Waals surface area contributed by atoms with Crippen LogP contribution in [0.1, 0.15) is 16.1 Å². The molecule has 0 saturated carbocycles. The molecule has 0 fully saturated rings. The van der Waals surface area contributed by atoms with Crippen LogP contribution in [0.25, 0.3) is 0 Å². The smallest absolute Gasteiger partial charge is 0.270 e. The van der Waals surface area contributed by atoms with Crippen molar-refractivity contribution < 1.29 is 14.3 Å². The van der Waals surface area contributed by atoms with Gasteiger partial charge in [0.15, 0.2) is 11.5 Å². The fourth-order valence-corrected chi connectivity index (χ4v) is 2.60. The zero-order valence-electron chi connectivity index (χ0n) is 15.4. The van der Waals surface area contributed by atoms with Crippen LogP contribution in [0.4, 0.5) is 11.6 Å². The Balaban J connectivity index is 1.65. The van der Waals surface area contributed by atoms with Crippen molar-refractivity contribution in [2.24, 2.45) is 0 Å². The second-order valence-corrected chi connectivity index (χ2v) is 6.21. The number of amides is 1. The highest BCUT2D eigenvalue weighted by Gasteiger charge is 2.10. The van der Waals surface area contributed by atoms with Crippen LogP contribution < -0.4 is 20.1 Å². The maximum absolute atomic E-state index is 12.4. The number of rotatable bonds is 7. The summed E-state index contributed by atoms with van der Waals surface area (Å²) in [7, 11) is 3.14. The lowest BCUT2D eigenvalue weighted by Gasteiger charge is -2.10. The summed E-state index contributed by atoms with van der Waals surface area (Å²) >= 11 is 5.88. The minimum atomic E-state index is -0.309. The van der Waals surface area contributed by atoms with Crippen molar-refractivity contribution in [3.05, 3.63) is 71.0 Å². The molecular weight excluding hydrogens is 380 g/mol. The molecule has 7 nitrogen and oxygen atoms in total. The predicted molar refractivity (Wildman–Crippen MR) is 107 cm³/mol. The second-order valence-electron chi connectivity index (χ2n) is 5.77. The Hall–Kier alpha value is -3.32. The first-order chi connectivity index (χ1) is 13.6. The highest BCUT2D eigenvalue weighted by atomic mass is 35.5. The normalized spacial score (nSPS) is 10.2. The van der Waals surface area contributed by atoms with Gasteiger partial charge in [0.2, 0.25) is 5.95 Å². The molecule has 0 unspecified atom stereocenters. The summed E-state index contributed by atoms with van der Waals surface area (Å²) in [6.07, 6.45) is 1.52. The van der Waals surface area contributed by atoms with Gasteiger partial charge in [-0.2, -0.15) is 0 Å². The fraction of sp³-hybridized carbons (Fsp3) is 0.150. The first-order valence-electron chi connectivity index (χ1n) is 8.44. The number of anilines is 2. The van der Waals surface area contributed by atoms with Crippen molar-refractivity contribution in [1.29, 1.82) is 0 Å². The van der Waals surface area contributed by atoms with Gasteiger partial charge in [0.25, 0.3) is 5.91 Å². The first-order valence-corrected chi connectivity index (χ1v) is 8.81. The summed E-state index contributed by atoms with van der Waals surface area (Å²) in [6, 6.07) is 14.1. The van der Waals surface area contributed by atoms with Crippen molar-refractivity contribution in [1.82, 2.24) is 15.3 Å². The maximum Gasteiger partial charge on any atom is 0.270 e. The number of hydrogen-bond acceptors (Lipinski definition) is 6. The topological polar surface area (TPSA) is 85.4 Å². The first kappa shape index (κ1) is 19.4. The number of carbonyl (C=O) groups excluding carboxylic acids is 1. The van der Waals surface area contributed by atoms with Crippen LogP contribution in [0.5, 0.6) is 11.5 Å². The Bertz CT molecular complexity index is 964. The molecule has 0 aliphatic rings. The second kappa shape index (κ2) is 9.05. The van der Waals surface area contributed by atoms with Crippen LogP contribution in [0.3, 0.4) is 0 Å². The van der Waals surface area contributed by atoms with Gasteiger partial charge in [-0.1, -0.05) is 17.7 Å². The number of benzene rings is 2. The third kappa shape index (κ3) is 4.89. The Morgan fingerprint density at radius 1 is 1.04 bits per heavy atom. The van der Waals surface area contributed by atoms with Gasteiger partial charge >= 0.3 is 0 Å². The monoisotopic (exact) mass is 398 g/mol. The van der Waals surface area contributed by atoms with Crippen molar-refractivity contribution >= 4 is 29.1 Å². The van der Waals surface area contributed by atoms with Crippen LogP contribution in [-0.2, 0) is 6.54 Å². The third-order valence-electron chi connectivity index (χ3n) is 3.89. The van der Waals surface area contributed by atoms with Gasteiger partial charge in [-0.25, -0.2) is 9.97 Å². The van der Waals surface area contributed by atoms with Crippen molar-refractivity contribution in [3.8, 4) is 11.5 Å². The quantitative estimate of drug-likeness (QED) is 0.629. The average Bonchev–Trinajstić information content (AvgIpc) is 2.73. The number of nitrogens with zero attached hydrogens (tertiary/aromatic N) is 2. The SMILES string of the molecule is COc1ccc(CNC(=O)c2ccnc(Nc3ccc(Cl)cc3)n2)cc1OC. The van der Waals surface area contributed by atoms with Crippen LogP contribution in [0.15, 0.2) is 54.7 Å². The largest absolute Gasteiger partial charge is 0.493 e. The molecule has 28 heavy (non-hydrogen) atoms. The molecule has 0 saturated heterocycles. The molecule has 0 spiro atoms. The Labute approximate surface area is 167 Å². The number of aromatic nitrogens is 2. The molecule has 0 radical (unpaired) electrons. The maximum atomic E-state index is 12.4. The van der Waals surface area contributed by atoms with Crippen LogP contribution >= 0.6 is 11.6 Å². The molecule has 0 aliphatic heterocycles. The predicted octanol–water partition coefficient (Wildman–Crippen LogP) is 3.82. The van der Waals surface area contributed by atoms with Gasteiger partial charge in [-0.05, 0) is 48.0 Å². The molecule has 0 bridgehead atoms. The summed E-state index contributed by atoms with van der Waals surface area (Å²) in [5, 5.41) is 6.50. The number of carbonyl (C=O) groups is 1. The highest BCUT2D eigenvalue weighted by Crippen LogP contribution is 2.27. The summed E-state index contributed by atoms with van der Waals surface area (Å²) in [4.78, 5) is 20.8. The number of halogens is 1. The molecule has 2 aromatic carbocycles. The molecular formula is C20H19ClN4O3. The zero-order chi connectivity index (χ0) is 19.9. The van der Waals surface area contributed by atoms with Crippen molar-refractivity contribution in [3.63, 3.8) is 0 Å². The van der Waals surface area contributed by atoms with E-state index in [2.05, 4.69) is 20.6 Å². The molecule has 144 valence electrons. The van der Waals surface area contributed by atoms with Gasteiger partial charge in [0, 0.05) is 23.5 Å². The van der Waals surface area contributed by atoms with Crippen LogP contribution in [0, 0.1) is 0 Å². The van der Waals surface area contributed by atoms with E-state index in [1.165, 1.54) is 6.20 Å². The van der Waals surface area contributed by atoms with Gasteiger partial charge in [0.05, 0.1) is 14.2 Å². The van der Waals surface area contributed by atoms with E-state index in [0.29, 0.717) is 29.0 Å². The lowest BCUT2D eigenvalue weighted by molar-refractivity contribution is 0.0946. The number of ether oxygens (including phenoxy) is 2. The molecule has 1 aromatic heterocycles. The van der Waals surface area contributed by atoms with Gasteiger partial charge < -0.3 is 20.1 Å². The van der Waals surface area contributed by atoms with E-state index in [1.807, 2.05) is 12.1 Å². The van der Waals surface area contributed by atoms with Crippen LogP contribution in [0.2, 0.25) is 5.02 Å². The van der Waals surface area contributed by atoms with E-state index >= 15 is 0 Å². The molecule has 2 N–H and O–H groups in total. The Morgan fingerprint density at radius 2 is 1.79 bits per heavy atom. The molecule has 3 rings (SSSR count). The fourth-order valence-electron chi connectivity index (χ4n) is 2.47. The van der Waals surface area contributed by atoms with Crippen LogP contribution in [-0.4, -0.2) is 30.1 Å². The van der Waals surface area contributed by atoms with Gasteiger partial charge in [-0.15, -0.1) is 0 Å². The molecule has 3 aromatic rings. The number of nitrogens with one attached hydrogen (secondary N) is 2. The van der Waals surface area contributed by atoms with E-state index in [9.17, 15) is 4.79 Å². The summed E-state index contributed by atoms with van der Waals surface area (Å²) < 4.78 is 10.5. The third-order valence-corrected chi connectivity index (χ3v) is 4.14. The highest BCUT2D eigenvalue weighted by molar-refractivity contribution is 6.30. The number of methoxy groups -OCH3 is 2.